The molecule has 0 aliphatic heterocycles. The minimum absolute atomic E-state index is 0.0462. The maximum atomic E-state index is 11.0. The molecule has 0 aromatic rings. The number of hydrogen-bond acceptors (Lipinski definition) is 3. The third-order valence-electron chi connectivity index (χ3n) is 1.34. The fourth-order valence-corrected chi connectivity index (χ4v) is 0.589. The van der Waals surface area contributed by atoms with Gasteiger partial charge in [-0.2, -0.15) is 0 Å². The van der Waals surface area contributed by atoms with Gasteiger partial charge < -0.3 is 10.1 Å². The van der Waals surface area contributed by atoms with Gasteiger partial charge in [0.2, 0.25) is 5.91 Å². The summed E-state index contributed by atoms with van der Waals surface area (Å²) < 4.78 is 4.65. The molecule has 0 bridgehead atoms. The van der Waals surface area contributed by atoms with Crippen LogP contribution in [0.5, 0.6) is 0 Å². The largest absolute Gasteiger partial charge is 0.461 e. The summed E-state index contributed by atoms with van der Waals surface area (Å²) in [6, 6.07) is 0. The van der Waals surface area contributed by atoms with Gasteiger partial charge in [-0.25, -0.2) is 4.79 Å². The van der Waals surface area contributed by atoms with E-state index in [1.54, 1.807) is 13.8 Å². The number of rotatable bonds is 5. The Balaban J connectivity index is 3.41. The molecular weight excluding hydrogens is 170 g/mol. The predicted octanol–water partition coefficient (Wildman–Crippen LogP) is 0.488. The number of carbonyl (C=O) groups is 2. The zero-order valence-electron chi connectivity index (χ0n) is 8.00. The number of hydrogen-bond donors (Lipinski definition) is 1. The smallest absolute Gasteiger partial charge is 0.330 e. The first-order chi connectivity index (χ1) is 6.07. The monoisotopic (exact) mass is 185 g/mol. The molecule has 1 N–H and O–H groups in total. The van der Waals surface area contributed by atoms with E-state index < -0.39 is 5.97 Å². The second-order valence-electron chi connectivity index (χ2n) is 2.82. The first-order valence-electron chi connectivity index (χ1n) is 4.14. The third kappa shape index (κ3) is 5.90. The standard InChI is InChI=1S/C9H15NO3/c1-4-8(11)13-6-5-10-9(12)7(2)3/h4,7H,1,5-6H2,2-3H3,(H,10,12). The van der Waals surface area contributed by atoms with E-state index in [0.29, 0.717) is 6.54 Å². The summed E-state index contributed by atoms with van der Waals surface area (Å²) in [5.41, 5.74) is 0. The Morgan fingerprint density at radius 2 is 2.15 bits per heavy atom. The van der Waals surface area contributed by atoms with Gasteiger partial charge in [0, 0.05) is 12.0 Å². The summed E-state index contributed by atoms with van der Waals surface area (Å²) in [6.07, 6.45) is 1.09. The van der Waals surface area contributed by atoms with Crippen LogP contribution in [0.15, 0.2) is 12.7 Å². The molecule has 0 aromatic heterocycles. The lowest BCUT2D eigenvalue weighted by Gasteiger charge is -2.06. The fraction of sp³-hybridized carbons (Fsp3) is 0.556. The summed E-state index contributed by atoms with van der Waals surface area (Å²) in [6.45, 7) is 7.36. The molecule has 0 unspecified atom stereocenters. The molecule has 0 spiro atoms. The normalized spacial score (nSPS) is 9.46. The number of ether oxygens (including phenoxy) is 1. The number of esters is 1. The molecular formula is C9H15NO3. The molecule has 0 rings (SSSR count). The Morgan fingerprint density at radius 3 is 2.62 bits per heavy atom. The molecule has 0 aliphatic rings. The van der Waals surface area contributed by atoms with E-state index in [4.69, 9.17) is 0 Å². The molecule has 13 heavy (non-hydrogen) atoms. The lowest BCUT2D eigenvalue weighted by atomic mass is 10.2. The average Bonchev–Trinajstić information content (AvgIpc) is 2.11. The summed E-state index contributed by atoms with van der Waals surface area (Å²) in [4.78, 5) is 21.5. The molecule has 0 aromatic carbocycles. The molecule has 1 amide bonds. The van der Waals surface area contributed by atoms with Gasteiger partial charge in [0.05, 0.1) is 6.54 Å². The van der Waals surface area contributed by atoms with Crippen LogP contribution in [0.3, 0.4) is 0 Å². The molecule has 0 saturated heterocycles. The molecule has 4 nitrogen and oxygen atoms in total. The molecule has 0 fully saturated rings. The van der Waals surface area contributed by atoms with Gasteiger partial charge in [0.25, 0.3) is 0 Å². The van der Waals surface area contributed by atoms with E-state index in [-0.39, 0.29) is 18.4 Å². The van der Waals surface area contributed by atoms with Crippen LogP contribution < -0.4 is 5.32 Å². The number of carbonyl (C=O) groups excluding carboxylic acids is 2. The fourth-order valence-electron chi connectivity index (χ4n) is 0.589. The summed E-state index contributed by atoms with van der Waals surface area (Å²) in [5.74, 6) is -0.566. The van der Waals surface area contributed by atoms with Crippen molar-refractivity contribution >= 4 is 11.9 Å². The maximum absolute atomic E-state index is 11.0. The van der Waals surface area contributed by atoms with Crippen LogP contribution in [-0.2, 0) is 14.3 Å². The highest BCUT2D eigenvalue weighted by molar-refractivity contribution is 5.81. The van der Waals surface area contributed by atoms with E-state index in [1.165, 1.54) is 0 Å². The highest BCUT2D eigenvalue weighted by atomic mass is 16.5. The Labute approximate surface area is 78.0 Å². The van der Waals surface area contributed by atoms with E-state index in [2.05, 4.69) is 16.6 Å². The number of nitrogens with one attached hydrogen (secondary N) is 1. The van der Waals surface area contributed by atoms with E-state index >= 15 is 0 Å². The Hall–Kier alpha value is -1.32. The first-order valence-corrected chi connectivity index (χ1v) is 4.14. The van der Waals surface area contributed by atoms with Crippen molar-refractivity contribution in [3.63, 3.8) is 0 Å². The summed E-state index contributed by atoms with van der Waals surface area (Å²) in [7, 11) is 0. The summed E-state index contributed by atoms with van der Waals surface area (Å²) >= 11 is 0. The number of amides is 1. The van der Waals surface area contributed by atoms with E-state index in [0.717, 1.165) is 6.08 Å². The minimum atomic E-state index is -0.473. The van der Waals surface area contributed by atoms with Crippen LogP contribution in [0.25, 0.3) is 0 Å². The van der Waals surface area contributed by atoms with Crippen LogP contribution in [0, 0.1) is 5.92 Å². The van der Waals surface area contributed by atoms with Crippen LogP contribution in [0.2, 0.25) is 0 Å². The quantitative estimate of drug-likeness (QED) is 0.385. The zero-order valence-corrected chi connectivity index (χ0v) is 8.00. The van der Waals surface area contributed by atoms with E-state index in [1.807, 2.05) is 0 Å². The van der Waals surface area contributed by atoms with Crippen LogP contribution >= 0.6 is 0 Å². The predicted molar refractivity (Wildman–Crippen MR) is 49.0 cm³/mol. The van der Waals surface area contributed by atoms with Crippen LogP contribution in [0.4, 0.5) is 0 Å². The van der Waals surface area contributed by atoms with Gasteiger partial charge in [-0.3, -0.25) is 4.79 Å². The molecule has 0 saturated carbocycles. The summed E-state index contributed by atoms with van der Waals surface area (Å²) in [5, 5.41) is 2.61. The first kappa shape index (κ1) is 11.7. The topological polar surface area (TPSA) is 55.4 Å². The highest BCUT2D eigenvalue weighted by Gasteiger charge is 2.05. The Bertz CT molecular complexity index is 199. The van der Waals surface area contributed by atoms with Crippen molar-refractivity contribution in [1.29, 1.82) is 0 Å². The van der Waals surface area contributed by atoms with Crippen molar-refractivity contribution < 1.29 is 14.3 Å². The molecule has 0 atom stereocenters. The van der Waals surface area contributed by atoms with E-state index in [9.17, 15) is 9.59 Å². The minimum Gasteiger partial charge on any atom is -0.461 e. The van der Waals surface area contributed by atoms with Crippen molar-refractivity contribution in [3.05, 3.63) is 12.7 Å². The van der Waals surface area contributed by atoms with Crippen molar-refractivity contribution in [2.75, 3.05) is 13.2 Å². The van der Waals surface area contributed by atoms with Gasteiger partial charge in [0.1, 0.15) is 6.61 Å². The molecule has 4 heteroatoms. The molecule has 74 valence electrons. The second kappa shape index (κ2) is 6.22. The molecule has 0 heterocycles. The lowest BCUT2D eigenvalue weighted by Crippen LogP contribution is -2.31. The van der Waals surface area contributed by atoms with Crippen LogP contribution in [-0.4, -0.2) is 25.0 Å². The van der Waals surface area contributed by atoms with Crippen molar-refractivity contribution in [3.8, 4) is 0 Å². The third-order valence-corrected chi connectivity index (χ3v) is 1.34. The van der Waals surface area contributed by atoms with Crippen molar-refractivity contribution in [2.24, 2.45) is 5.92 Å². The SMILES string of the molecule is C=CC(=O)OCCNC(=O)C(C)C. The van der Waals surface area contributed by atoms with Gasteiger partial charge in [-0.05, 0) is 0 Å². The van der Waals surface area contributed by atoms with Gasteiger partial charge in [-0.1, -0.05) is 20.4 Å². The van der Waals surface area contributed by atoms with Crippen molar-refractivity contribution in [1.82, 2.24) is 5.32 Å². The van der Waals surface area contributed by atoms with Gasteiger partial charge >= 0.3 is 5.97 Å². The average molecular weight is 185 g/mol. The second-order valence-corrected chi connectivity index (χ2v) is 2.82. The highest BCUT2D eigenvalue weighted by Crippen LogP contribution is 1.89. The van der Waals surface area contributed by atoms with Crippen LogP contribution in [0.1, 0.15) is 13.8 Å². The van der Waals surface area contributed by atoms with Gasteiger partial charge in [0.15, 0.2) is 0 Å². The molecule has 0 radical (unpaired) electrons. The molecule has 0 aliphatic carbocycles. The van der Waals surface area contributed by atoms with Gasteiger partial charge in [-0.15, -0.1) is 0 Å². The van der Waals surface area contributed by atoms with Crippen molar-refractivity contribution in [2.45, 2.75) is 13.8 Å². The Morgan fingerprint density at radius 1 is 1.54 bits per heavy atom. The zero-order chi connectivity index (χ0) is 10.3. The Kier molecular flexibility index (Phi) is 5.59. The maximum Gasteiger partial charge on any atom is 0.330 e. The lowest BCUT2D eigenvalue weighted by molar-refractivity contribution is -0.138.